The van der Waals surface area contributed by atoms with Crippen molar-refractivity contribution in [3.8, 4) is 0 Å². The molecule has 0 spiro atoms. The van der Waals surface area contributed by atoms with Gasteiger partial charge in [0.1, 0.15) is 5.15 Å². The Morgan fingerprint density at radius 2 is 1.81 bits per heavy atom. The number of amides is 1. The number of aryl methyl sites for hydroxylation is 1. The number of sulfonamides is 1. The number of anilines is 2. The van der Waals surface area contributed by atoms with Crippen LogP contribution in [0, 0.1) is 12.3 Å². The average molecular weight is 409 g/mol. The van der Waals surface area contributed by atoms with E-state index in [0.29, 0.717) is 12.0 Å². The molecule has 1 aromatic heterocycles. The van der Waals surface area contributed by atoms with Crippen molar-refractivity contribution >= 4 is 39.3 Å². The molecule has 0 unspecified atom stereocenters. The Balaban J connectivity index is 2.00. The molecule has 0 bridgehead atoms. The van der Waals surface area contributed by atoms with Crippen LogP contribution in [0.5, 0.6) is 0 Å². The lowest BCUT2D eigenvalue weighted by Crippen LogP contribution is -2.31. The predicted octanol–water partition coefficient (Wildman–Crippen LogP) is 3.17. The van der Waals surface area contributed by atoms with Gasteiger partial charge in [0.15, 0.2) is 5.82 Å². The predicted molar refractivity (Wildman–Crippen MR) is 105 cm³/mol. The Morgan fingerprint density at radius 1 is 1.19 bits per heavy atom. The molecule has 0 saturated carbocycles. The fourth-order valence-electron chi connectivity index (χ4n) is 2.60. The summed E-state index contributed by atoms with van der Waals surface area (Å²) in [6, 6.07) is 6.61. The van der Waals surface area contributed by atoms with Gasteiger partial charge in [-0.1, -0.05) is 50.1 Å². The van der Waals surface area contributed by atoms with Crippen LogP contribution in [0.2, 0.25) is 5.15 Å². The fourth-order valence-corrected chi connectivity index (χ4v) is 4.31. The van der Waals surface area contributed by atoms with E-state index in [-0.39, 0.29) is 34.3 Å². The summed E-state index contributed by atoms with van der Waals surface area (Å²) in [4.78, 5) is 20.8. The zero-order valence-electron chi connectivity index (χ0n) is 15.6. The number of carbonyl (C=O) groups excluding carboxylic acids is 1. The summed E-state index contributed by atoms with van der Waals surface area (Å²) in [5.74, 6) is -0.0890. The zero-order valence-corrected chi connectivity index (χ0v) is 17.1. The number of rotatable bonds is 3. The van der Waals surface area contributed by atoms with Crippen molar-refractivity contribution in [1.29, 1.82) is 0 Å². The third-order valence-electron chi connectivity index (χ3n) is 4.25. The Labute approximate surface area is 163 Å². The molecule has 0 radical (unpaired) electrons. The summed E-state index contributed by atoms with van der Waals surface area (Å²) >= 11 is 6.23. The normalized spacial score (nSPS) is 14.2. The number of aromatic nitrogens is 2. The number of halogens is 1. The molecule has 3 rings (SSSR count). The van der Waals surface area contributed by atoms with E-state index in [1.54, 1.807) is 45.0 Å². The summed E-state index contributed by atoms with van der Waals surface area (Å²) in [5, 5.41) is 2.75. The van der Waals surface area contributed by atoms with Crippen LogP contribution >= 0.6 is 11.6 Å². The maximum absolute atomic E-state index is 13.0. The molecule has 2 heterocycles. The molecule has 0 atom stereocenters. The second-order valence-corrected chi connectivity index (χ2v) is 9.70. The summed E-state index contributed by atoms with van der Waals surface area (Å²) in [7, 11) is -3.79. The minimum atomic E-state index is -3.79. The van der Waals surface area contributed by atoms with Crippen molar-refractivity contribution in [2.75, 3.05) is 16.2 Å². The highest BCUT2D eigenvalue weighted by Crippen LogP contribution is 2.35. The van der Waals surface area contributed by atoms with E-state index in [0.717, 1.165) is 5.56 Å². The van der Waals surface area contributed by atoms with E-state index in [4.69, 9.17) is 11.6 Å². The van der Waals surface area contributed by atoms with Crippen LogP contribution in [-0.4, -0.2) is 30.8 Å². The van der Waals surface area contributed by atoms with E-state index in [2.05, 4.69) is 15.3 Å². The third-order valence-corrected chi connectivity index (χ3v) is 6.37. The highest BCUT2D eigenvalue weighted by molar-refractivity contribution is 7.92. The molecule has 9 heteroatoms. The van der Waals surface area contributed by atoms with E-state index in [1.165, 1.54) is 4.31 Å². The van der Waals surface area contributed by atoms with Gasteiger partial charge in [0.2, 0.25) is 11.9 Å². The van der Waals surface area contributed by atoms with Gasteiger partial charge in [-0.15, -0.1) is 0 Å². The smallest absolute Gasteiger partial charge is 0.265 e. The van der Waals surface area contributed by atoms with Gasteiger partial charge in [-0.3, -0.25) is 10.1 Å². The van der Waals surface area contributed by atoms with Gasteiger partial charge in [0.25, 0.3) is 10.0 Å². The van der Waals surface area contributed by atoms with Crippen LogP contribution in [-0.2, 0) is 21.2 Å². The van der Waals surface area contributed by atoms with E-state index in [9.17, 15) is 13.2 Å². The molecule has 1 aliphatic rings. The molecule has 1 amide bonds. The summed E-state index contributed by atoms with van der Waals surface area (Å²) in [6.07, 6.45) is 0.409. The summed E-state index contributed by atoms with van der Waals surface area (Å²) in [5.41, 5.74) is 0.872. The Morgan fingerprint density at radius 3 is 2.41 bits per heavy atom. The molecule has 0 aliphatic carbocycles. The SMILES string of the molecule is Cc1ccc(S(=O)(=O)N2CCc3c(Cl)nc(NC(=O)C(C)(C)C)nc32)cc1. The number of nitrogens with one attached hydrogen (secondary N) is 1. The van der Waals surface area contributed by atoms with Gasteiger partial charge in [0, 0.05) is 17.5 Å². The van der Waals surface area contributed by atoms with Crippen molar-refractivity contribution in [2.45, 2.75) is 39.0 Å². The largest absolute Gasteiger partial charge is 0.294 e. The number of nitrogens with zero attached hydrogens (tertiary/aromatic N) is 3. The molecule has 2 aromatic rings. The molecular weight excluding hydrogens is 388 g/mol. The van der Waals surface area contributed by atoms with Gasteiger partial charge in [-0.2, -0.15) is 4.98 Å². The first-order chi connectivity index (χ1) is 12.5. The summed E-state index contributed by atoms with van der Waals surface area (Å²) < 4.78 is 27.3. The molecule has 27 heavy (non-hydrogen) atoms. The standard InChI is InChI=1S/C18H21ClN4O3S/c1-11-5-7-12(8-6-11)27(25,26)23-10-9-13-14(19)20-17(21-15(13)23)22-16(24)18(2,3)4/h5-8H,9-10H2,1-4H3,(H,20,21,22,24). The Hall–Kier alpha value is -2.19. The minimum Gasteiger partial charge on any atom is -0.294 e. The topological polar surface area (TPSA) is 92.3 Å². The van der Waals surface area contributed by atoms with E-state index in [1.807, 2.05) is 6.92 Å². The molecule has 1 aliphatic heterocycles. The number of carbonyl (C=O) groups is 1. The van der Waals surface area contributed by atoms with E-state index < -0.39 is 15.4 Å². The maximum atomic E-state index is 13.0. The highest BCUT2D eigenvalue weighted by Gasteiger charge is 2.35. The van der Waals surface area contributed by atoms with Gasteiger partial charge in [0.05, 0.1) is 4.90 Å². The lowest BCUT2D eigenvalue weighted by atomic mass is 9.96. The highest BCUT2D eigenvalue weighted by atomic mass is 35.5. The van der Waals surface area contributed by atoms with Crippen molar-refractivity contribution in [3.63, 3.8) is 0 Å². The van der Waals surface area contributed by atoms with Gasteiger partial charge >= 0.3 is 0 Å². The van der Waals surface area contributed by atoms with Gasteiger partial charge < -0.3 is 0 Å². The van der Waals surface area contributed by atoms with Crippen LogP contribution in [0.3, 0.4) is 0 Å². The van der Waals surface area contributed by atoms with Crippen LogP contribution in [0.1, 0.15) is 31.9 Å². The molecule has 144 valence electrons. The average Bonchev–Trinajstić information content (AvgIpc) is 2.99. The first-order valence-electron chi connectivity index (χ1n) is 8.47. The van der Waals surface area contributed by atoms with Crippen molar-refractivity contribution < 1.29 is 13.2 Å². The zero-order chi connectivity index (χ0) is 20.0. The molecule has 7 nitrogen and oxygen atoms in total. The van der Waals surface area contributed by atoms with Crippen molar-refractivity contribution in [3.05, 3.63) is 40.5 Å². The Bertz CT molecular complexity index is 999. The van der Waals surface area contributed by atoms with Gasteiger partial charge in [-0.25, -0.2) is 17.7 Å². The minimum absolute atomic E-state index is 0.00955. The molecule has 0 fully saturated rings. The summed E-state index contributed by atoms with van der Waals surface area (Å²) in [6.45, 7) is 7.37. The second-order valence-electron chi connectivity index (χ2n) is 7.48. The van der Waals surface area contributed by atoms with Crippen molar-refractivity contribution in [2.24, 2.45) is 5.41 Å². The van der Waals surface area contributed by atoms with Crippen LogP contribution in [0.25, 0.3) is 0 Å². The van der Waals surface area contributed by atoms with Crippen molar-refractivity contribution in [1.82, 2.24) is 9.97 Å². The molecular formula is C18H21ClN4O3S. The van der Waals surface area contributed by atoms with Crippen LogP contribution in [0.4, 0.5) is 11.8 Å². The number of hydrogen-bond acceptors (Lipinski definition) is 5. The fraction of sp³-hybridized carbons (Fsp3) is 0.389. The number of benzene rings is 1. The third kappa shape index (κ3) is 3.77. The van der Waals surface area contributed by atoms with E-state index >= 15 is 0 Å². The lowest BCUT2D eigenvalue weighted by molar-refractivity contribution is -0.123. The van der Waals surface area contributed by atoms with Crippen LogP contribution in [0.15, 0.2) is 29.2 Å². The number of hydrogen-bond donors (Lipinski definition) is 1. The lowest BCUT2D eigenvalue weighted by Gasteiger charge is -2.20. The first kappa shape index (κ1) is 19.6. The first-order valence-corrected chi connectivity index (χ1v) is 10.3. The number of fused-ring (bicyclic) bond motifs is 1. The Kier molecular flexibility index (Phi) is 4.90. The maximum Gasteiger partial charge on any atom is 0.265 e. The van der Waals surface area contributed by atoms with Gasteiger partial charge in [-0.05, 0) is 25.5 Å². The molecule has 1 N–H and O–H groups in total. The quantitative estimate of drug-likeness (QED) is 0.787. The molecule has 1 aromatic carbocycles. The monoisotopic (exact) mass is 408 g/mol. The molecule has 0 saturated heterocycles. The second kappa shape index (κ2) is 6.76. The van der Waals surface area contributed by atoms with Crippen LogP contribution < -0.4 is 9.62 Å².